The van der Waals surface area contributed by atoms with Gasteiger partial charge in [0.05, 0.1) is 33.2 Å². The zero-order valence-corrected chi connectivity index (χ0v) is 30.1. The molecule has 11 rings (SSSR count). The minimum atomic E-state index is -0.700. The highest BCUT2D eigenvalue weighted by Gasteiger charge is 2.21. The summed E-state index contributed by atoms with van der Waals surface area (Å²) in [4.78, 5) is 15.1. The number of fused-ring (bicyclic) bond motifs is 6. The summed E-state index contributed by atoms with van der Waals surface area (Å²) in [6, 6.07) is 31.1. The number of aromatic nitrogens is 4. The Kier molecular flexibility index (Phi) is 5.27. The Hall–Kier alpha value is -7.21. The molecule has 0 unspecified atom stereocenters. The van der Waals surface area contributed by atoms with Crippen LogP contribution in [0.1, 0.15) is 16.4 Å². The van der Waals surface area contributed by atoms with Crippen molar-refractivity contribution >= 4 is 53.3 Å². The number of thiophene rings is 1. The summed E-state index contributed by atoms with van der Waals surface area (Å²) in [5.41, 5.74) is 2.39. The van der Waals surface area contributed by atoms with Crippen LogP contribution >= 0.6 is 11.3 Å². The molecule has 0 saturated heterocycles. The SMILES string of the molecule is [2H]c1c([2H])c([2H])c(-c2c([2H])c([2H])c3c(c2[2H])c2c([2H])c([2H])c([2H])c([2H])c2n3-c2ccc(-c3ccc4sc5ccccc5c4c3)cc2-c2nc(-c3ccccc3)nc(-c3ccccc3)n2)c([2H])c1[2H]. The molecule has 0 saturated carbocycles. The zero-order valence-electron chi connectivity index (χ0n) is 41.2. The first-order valence-electron chi connectivity index (χ1n) is 23.8. The average molecular weight is 745 g/mol. The van der Waals surface area contributed by atoms with Gasteiger partial charge in [-0.15, -0.1) is 11.3 Å². The van der Waals surface area contributed by atoms with E-state index in [2.05, 4.69) is 24.3 Å². The van der Waals surface area contributed by atoms with Gasteiger partial charge in [0.1, 0.15) is 0 Å². The number of para-hydroxylation sites is 1. The van der Waals surface area contributed by atoms with Gasteiger partial charge in [-0.2, -0.15) is 0 Å². The largest absolute Gasteiger partial charge is 0.309 e. The zero-order chi connectivity index (χ0) is 47.4. The van der Waals surface area contributed by atoms with Crippen molar-refractivity contribution < 1.29 is 16.4 Å². The van der Waals surface area contributed by atoms with Crippen molar-refractivity contribution in [2.24, 2.45) is 0 Å². The lowest BCUT2D eigenvalue weighted by molar-refractivity contribution is 1.06. The lowest BCUT2D eigenvalue weighted by atomic mass is 9.99. The molecule has 0 spiro atoms. The third kappa shape index (κ3) is 5.48. The third-order valence-corrected chi connectivity index (χ3v) is 10.9. The van der Waals surface area contributed by atoms with Gasteiger partial charge >= 0.3 is 0 Å². The second-order valence-electron chi connectivity index (χ2n) is 13.1. The van der Waals surface area contributed by atoms with Crippen LogP contribution in [0.3, 0.4) is 0 Å². The first-order chi connectivity index (χ1) is 32.7. The summed E-state index contributed by atoms with van der Waals surface area (Å²) < 4.78 is 112. The highest BCUT2D eigenvalue weighted by molar-refractivity contribution is 7.25. The fourth-order valence-electron chi connectivity index (χ4n) is 7.18. The third-order valence-electron chi connectivity index (χ3n) is 9.80. The van der Waals surface area contributed by atoms with Crippen molar-refractivity contribution in [1.29, 1.82) is 0 Å². The van der Waals surface area contributed by atoms with Gasteiger partial charge in [0.2, 0.25) is 0 Å². The summed E-state index contributed by atoms with van der Waals surface area (Å²) in [6.07, 6.45) is 0. The van der Waals surface area contributed by atoms with Crippen molar-refractivity contribution in [3.63, 3.8) is 0 Å². The molecule has 56 heavy (non-hydrogen) atoms. The lowest BCUT2D eigenvalue weighted by Gasteiger charge is -2.16. The number of hydrogen-bond donors (Lipinski definition) is 0. The van der Waals surface area contributed by atoms with Crippen LogP contribution in [-0.2, 0) is 0 Å². The van der Waals surface area contributed by atoms with E-state index >= 15 is 0 Å². The van der Waals surface area contributed by atoms with Gasteiger partial charge in [-0.3, -0.25) is 0 Å². The lowest BCUT2D eigenvalue weighted by Crippen LogP contribution is -2.04. The van der Waals surface area contributed by atoms with Gasteiger partial charge in [-0.1, -0.05) is 145 Å². The minimum Gasteiger partial charge on any atom is -0.309 e. The predicted molar refractivity (Wildman–Crippen MR) is 234 cm³/mol. The number of rotatable bonds is 6. The summed E-state index contributed by atoms with van der Waals surface area (Å²) in [6.45, 7) is 0. The molecule has 3 aromatic heterocycles. The molecule has 0 atom stereocenters. The van der Waals surface area contributed by atoms with E-state index in [-0.39, 0.29) is 33.3 Å². The highest BCUT2D eigenvalue weighted by atomic mass is 32.1. The van der Waals surface area contributed by atoms with E-state index in [1.165, 1.54) is 4.57 Å². The van der Waals surface area contributed by atoms with E-state index < -0.39 is 83.6 Å². The molecule has 0 N–H and O–H groups in total. The van der Waals surface area contributed by atoms with Crippen molar-refractivity contribution in [2.45, 2.75) is 0 Å². The molecule has 0 aliphatic carbocycles. The Morgan fingerprint density at radius 3 is 1.82 bits per heavy atom. The van der Waals surface area contributed by atoms with Crippen LogP contribution in [0.4, 0.5) is 0 Å². The molecule has 0 aliphatic rings. The fourth-order valence-corrected chi connectivity index (χ4v) is 8.27. The first kappa shape index (κ1) is 22.2. The molecule has 8 aromatic carbocycles. The smallest absolute Gasteiger partial charge is 0.166 e. The molecular weight excluding hydrogens is 701 g/mol. The Morgan fingerprint density at radius 1 is 0.411 bits per heavy atom. The van der Waals surface area contributed by atoms with Crippen LogP contribution in [0.5, 0.6) is 0 Å². The summed E-state index contributed by atoms with van der Waals surface area (Å²) in [7, 11) is 0. The fraction of sp³-hybridized carbons (Fsp3) is 0. The van der Waals surface area contributed by atoms with Gasteiger partial charge in [0.25, 0.3) is 0 Å². The van der Waals surface area contributed by atoms with E-state index in [4.69, 9.17) is 24.5 Å². The van der Waals surface area contributed by atoms with Gasteiger partial charge in [-0.05, 0) is 70.7 Å². The molecule has 0 radical (unpaired) electrons. The molecular formula is C51H32N4S. The Bertz CT molecular complexity index is 3860. The van der Waals surface area contributed by atoms with E-state index in [0.29, 0.717) is 28.3 Å². The van der Waals surface area contributed by atoms with Crippen molar-refractivity contribution in [3.05, 3.63) is 194 Å². The molecule has 0 amide bonds. The van der Waals surface area contributed by atoms with Gasteiger partial charge in [0, 0.05) is 47.6 Å². The summed E-state index contributed by atoms with van der Waals surface area (Å²) >= 11 is 1.69. The number of nitrogens with zero attached hydrogens (tertiary/aromatic N) is 4. The molecule has 4 nitrogen and oxygen atoms in total. The molecule has 3 heterocycles. The Labute approximate surface area is 344 Å². The Balaban J connectivity index is 1.29. The normalized spacial score (nSPS) is 14.6. The second-order valence-corrected chi connectivity index (χ2v) is 14.2. The maximum Gasteiger partial charge on any atom is 0.166 e. The van der Waals surface area contributed by atoms with Crippen LogP contribution in [0.2, 0.25) is 0 Å². The van der Waals surface area contributed by atoms with Crippen molar-refractivity contribution in [1.82, 2.24) is 19.5 Å². The maximum atomic E-state index is 9.74. The molecule has 0 bridgehead atoms. The van der Waals surface area contributed by atoms with E-state index in [1.54, 1.807) is 17.4 Å². The summed E-state index contributed by atoms with van der Waals surface area (Å²) in [5, 5.41) is 1.83. The van der Waals surface area contributed by atoms with Gasteiger partial charge in [0.15, 0.2) is 17.5 Å². The van der Waals surface area contributed by atoms with Gasteiger partial charge < -0.3 is 4.57 Å². The Morgan fingerprint density at radius 2 is 1.04 bits per heavy atom. The molecule has 5 heteroatoms. The van der Waals surface area contributed by atoms with Crippen LogP contribution in [0, 0.1) is 0 Å². The van der Waals surface area contributed by atoms with Crippen molar-refractivity contribution in [3.8, 4) is 62.1 Å². The first-order valence-corrected chi connectivity index (χ1v) is 18.6. The standard InChI is InChI=1S/C51H32N4S/c1-4-14-33(15-5-1)36-24-27-45-41(30-36)39-20-10-12-22-44(39)55(45)46-28-25-37(38-26-29-48-42(31-38)40-21-11-13-23-47(40)56-48)32-43(46)51-53-49(34-16-6-2-7-17-34)52-50(54-51)35-18-8-3-9-19-35/h1-32H/i1D,4D,5D,10D,12D,14D,15D,20D,22D,24D,27D,30D. The van der Waals surface area contributed by atoms with Crippen LogP contribution in [0.25, 0.3) is 104 Å². The molecule has 0 aliphatic heterocycles. The van der Waals surface area contributed by atoms with Crippen LogP contribution in [0.15, 0.2) is 194 Å². The minimum absolute atomic E-state index is 0.119. The maximum absolute atomic E-state index is 9.74. The molecule has 0 fully saturated rings. The van der Waals surface area contributed by atoms with E-state index in [9.17, 15) is 6.85 Å². The van der Waals surface area contributed by atoms with Crippen LogP contribution < -0.4 is 0 Å². The van der Waals surface area contributed by atoms with E-state index in [0.717, 1.165) is 31.3 Å². The highest BCUT2D eigenvalue weighted by Crippen LogP contribution is 2.41. The van der Waals surface area contributed by atoms with Crippen molar-refractivity contribution in [2.75, 3.05) is 0 Å². The second kappa shape index (κ2) is 13.3. The predicted octanol–water partition coefficient (Wildman–Crippen LogP) is 13.7. The molecule has 262 valence electrons. The number of benzene rings is 8. The van der Waals surface area contributed by atoms with E-state index in [1.807, 2.05) is 91.0 Å². The average Bonchev–Trinajstić information content (AvgIpc) is 3.93. The van der Waals surface area contributed by atoms with Gasteiger partial charge in [-0.25, -0.2) is 15.0 Å². The molecule has 11 aromatic rings. The quantitative estimate of drug-likeness (QED) is 0.170. The monoisotopic (exact) mass is 744 g/mol. The number of hydrogen-bond acceptors (Lipinski definition) is 4. The topological polar surface area (TPSA) is 43.6 Å². The summed E-state index contributed by atoms with van der Waals surface area (Å²) in [5.74, 6) is 0.854. The van der Waals surface area contributed by atoms with Crippen LogP contribution in [-0.4, -0.2) is 19.5 Å².